The van der Waals surface area contributed by atoms with Gasteiger partial charge in [0.15, 0.2) is 0 Å². The summed E-state index contributed by atoms with van der Waals surface area (Å²) in [5.41, 5.74) is 15.7. The Bertz CT molecular complexity index is 624. The number of pyridine rings is 2. The molecule has 0 aliphatic rings. The first-order chi connectivity index (χ1) is 8.79. The van der Waals surface area contributed by atoms with Gasteiger partial charge in [0.1, 0.15) is 17.5 Å². The fourth-order valence-electron chi connectivity index (χ4n) is 1.58. The fourth-order valence-corrected chi connectivity index (χ4v) is 1.58. The summed E-state index contributed by atoms with van der Waals surface area (Å²) >= 11 is 0. The average molecular weight is 269 g/mol. The lowest BCUT2D eigenvalue weighted by Crippen LogP contribution is -2.10. The van der Waals surface area contributed by atoms with Crippen LogP contribution in [-0.4, -0.2) is 9.97 Å². The van der Waals surface area contributed by atoms with E-state index in [1.165, 1.54) is 18.3 Å². The smallest absolute Gasteiger partial charge is 0.384 e. The maximum absolute atomic E-state index is 12.7. The third kappa shape index (κ3) is 2.51. The molecule has 0 unspecified atom stereocenters. The topological polar surface area (TPSA) is 104 Å². The molecule has 8 heteroatoms. The highest BCUT2D eigenvalue weighted by Gasteiger charge is 2.34. The van der Waals surface area contributed by atoms with Crippen molar-refractivity contribution in [2.24, 2.45) is 0 Å². The Kier molecular flexibility index (Phi) is 2.93. The molecular weight excluding hydrogens is 259 g/mol. The minimum atomic E-state index is -4.58. The quantitative estimate of drug-likeness (QED) is 0.733. The highest BCUT2D eigenvalue weighted by Crippen LogP contribution is 2.35. The Hall–Kier alpha value is -2.51. The van der Waals surface area contributed by atoms with Gasteiger partial charge in [-0.1, -0.05) is 0 Å². The zero-order chi connectivity index (χ0) is 14.2. The van der Waals surface area contributed by atoms with E-state index >= 15 is 0 Å². The van der Waals surface area contributed by atoms with Crippen molar-refractivity contribution in [1.82, 2.24) is 9.97 Å². The molecule has 0 aliphatic carbocycles. The maximum Gasteiger partial charge on any atom is 0.419 e. The van der Waals surface area contributed by atoms with Gasteiger partial charge in [-0.05, 0) is 18.2 Å². The summed E-state index contributed by atoms with van der Waals surface area (Å²) in [7, 11) is 0. The van der Waals surface area contributed by atoms with Crippen molar-refractivity contribution in [3.05, 3.63) is 30.0 Å². The Morgan fingerprint density at radius 3 is 2.26 bits per heavy atom. The molecule has 0 spiro atoms. The SMILES string of the molecule is Nc1ccc(-c2cnc(N)c(C(F)(F)F)c2)c(N)n1. The summed E-state index contributed by atoms with van der Waals surface area (Å²) in [6, 6.07) is 3.80. The molecule has 2 aromatic heterocycles. The van der Waals surface area contributed by atoms with Crippen molar-refractivity contribution < 1.29 is 13.2 Å². The largest absolute Gasteiger partial charge is 0.419 e. The van der Waals surface area contributed by atoms with Gasteiger partial charge in [-0.15, -0.1) is 0 Å². The molecule has 0 amide bonds. The van der Waals surface area contributed by atoms with E-state index in [1.807, 2.05) is 0 Å². The minimum Gasteiger partial charge on any atom is -0.384 e. The van der Waals surface area contributed by atoms with Gasteiger partial charge in [0.05, 0.1) is 5.56 Å². The Morgan fingerprint density at radius 1 is 1.00 bits per heavy atom. The van der Waals surface area contributed by atoms with Crippen LogP contribution in [-0.2, 0) is 6.18 Å². The molecule has 0 fully saturated rings. The van der Waals surface area contributed by atoms with Gasteiger partial charge < -0.3 is 17.2 Å². The molecule has 0 aromatic carbocycles. The lowest BCUT2D eigenvalue weighted by atomic mass is 10.1. The highest BCUT2D eigenvalue weighted by molar-refractivity contribution is 5.75. The number of hydrogen-bond acceptors (Lipinski definition) is 5. The third-order valence-electron chi connectivity index (χ3n) is 2.48. The van der Waals surface area contributed by atoms with Crippen molar-refractivity contribution in [2.75, 3.05) is 17.2 Å². The first-order valence-corrected chi connectivity index (χ1v) is 5.14. The second-order valence-corrected chi connectivity index (χ2v) is 3.82. The average Bonchev–Trinajstić information content (AvgIpc) is 2.29. The molecule has 0 aliphatic heterocycles. The summed E-state index contributed by atoms with van der Waals surface area (Å²) in [4.78, 5) is 7.31. The normalized spacial score (nSPS) is 11.5. The standard InChI is InChI=1S/C11H10F3N5/c12-11(13,14)7-3-5(4-18-10(7)17)6-1-2-8(15)19-9(6)16/h1-4H,(H2,17,18)(H4,15,16,19). The summed E-state index contributed by atoms with van der Waals surface area (Å²) in [5, 5.41) is 0. The highest BCUT2D eigenvalue weighted by atomic mass is 19.4. The number of alkyl halides is 3. The molecule has 0 atom stereocenters. The van der Waals surface area contributed by atoms with E-state index in [1.54, 1.807) is 0 Å². The first-order valence-electron chi connectivity index (χ1n) is 5.14. The number of halogens is 3. The van der Waals surface area contributed by atoms with Gasteiger partial charge in [-0.3, -0.25) is 0 Å². The van der Waals surface area contributed by atoms with Crippen molar-refractivity contribution in [2.45, 2.75) is 6.18 Å². The van der Waals surface area contributed by atoms with Gasteiger partial charge in [0.2, 0.25) is 0 Å². The summed E-state index contributed by atoms with van der Waals surface area (Å²) < 4.78 is 38.2. The van der Waals surface area contributed by atoms with Crippen LogP contribution in [0.25, 0.3) is 11.1 Å². The number of nitrogens with zero attached hydrogens (tertiary/aromatic N) is 2. The zero-order valence-electron chi connectivity index (χ0n) is 9.57. The summed E-state index contributed by atoms with van der Waals surface area (Å²) in [5.74, 6) is -0.376. The van der Waals surface area contributed by atoms with Crippen molar-refractivity contribution in [3.63, 3.8) is 0 Å². The van der Waals surface area contributed by atoms with Crippen LogP contribution >= 0.6 is 0 Å². The maximum atomic E-state index is 12.7. The molecule has 0 saturated heterocycles. The molecule has 0 bridgehead atoms. The number of aromatic nitrogens is 2. The van der Waals surface area contributed by atoms with Crippen LogP contribution in [0.5, 0.6) is 0 Å². The van der Waals surface area contributed by atoms with Gasteiger partial charge in [0, 0.05) is 17.3 Å². The number of nitrogen functional groups attached to an aromatic ring is 3. The van der Waals surface area contributed by atoms with Crippen LogP contribution in [0.2, 0.25) is 0 Å². The fraction of sp³-hybridized carbons (Fsp3) is 0.0909. The van der Waals surface area contributed by atoms with Crippen LogP contribution in [0.15, 0.2) is 24.4 Å². The Morgan fingerprint density at radius 2 is 1.68 bits per heavy atom. The lowest BCUT2D eigenvalue weighted by molar-refractivity contribution is -0.137. The Balaban J connectivity index is 2.58. The van der Waals surface area contributed by atoms with E-state index in [-0.39, 0.29) is 17.2 Å². The van der Waals surface area contributed by atoms with E-state index in [0.29, 0.717) is 5.56 Å². The molecule has 2 aromatic rings. The van der Waals surface area contributed by atoms with Crippen LogP contribution in [0, 0.1) is 0 Å². The molecule has 2 heterocycles. The van der Waals surface area contributed by atoms with E-state index < -0.39 is 17.6 Å². The van der Waals surface area contributed by atoms with E-state index in [4.69, 9.17) is 17.2 Å². The van der Waals surface area contributed by atoms with Crippen molar-refractivity contribution in [1.29, 1.82) is 0 Å². The second-order valence-electron chi connectivity index (χ2n) is 3.82. The van der Waals surface area contributed by atoms with Gasteiger partial charge in [-0.25, -0.2) is 9.97 Å². The molecule has 100 valence electrons. The zero-order valence-corrected chi connectivity index (χ0v) is 9.57. The number of rotatable bonds is 1. The number of hydrogen-bond donors (Lipinski definition) is 3. The summed E-state index contributed by atoms with van der Waals surface area (Å²) in [6.45, 7) is 0. The van der Waals surface area contributed by atoms with E-state index in [2.05, 4.69) is 9.97 Å². The van der Waals surface area contributed by atoms with Gasteiger partial charge in [0.25, 0.3) is 0 Å². The van der Waals surface area contributed by atoms with Crippen LogP contribution in [0.3, 0.4) is 0 Å². The number of anilines is 3. The third-order valence-corrected chi connectivity index (χ3v) is 2.48. The molecule has 5 nitrogen and oxygen atoms in total. The number of nitrogens with two attached hydrogens (primary N) is 3. The second kappa shape index (κ2) is 4.30. The summed E-state index contributed by atoms with van der Waals surface area (Å²) in [6.07, 6.45) is -3.38. The van der Waals surface area contributed by atoms with Crippen LogP contribution < -0.4 is 17.2 Å². The van der Waals surface area contributed by atoms with Gasteiger partial charge in [-0.2, -0.15) is 13.2 Å². The predicted octanol–water partition coefficient (Wildman–Crippen LogP) is 1.91. The lowest BCUT2D eigenvalue weighted by Gasteiger charge is -2.12. The van der Waals surface area contributed by atoms with Gasteiger partial charge >= 0.3 is 6.18 Å². The molecule has 19 heavy (non-hydrogen) atoms. The minimum absolute atomic E-state index is 0.0275. The molecule has 6 N–H and O–H groups in total. The monoisotopic (exact) mass is 269 g/mol. The Labute approximate surface area is 106 Å². The van der Waals surface area contributed by atoms with E-state index in [0.717, 1.165) is 6.07 Å². The van der Waals surface area contributed by atoms with E-state index in [9.17, 15) is 13.2 Å². The first kappa shape index (κ1) is 12.9. The van der Waals surface area contributed by atoms with Crippen molar-refractivity contribution >= 4 is 17.5 Å². The van der Waals surface area contributed by atoms with Crippen LogP contribution in [0.4, 0.5) is 30.6 Å². The molecular formula is C11H10F3N5. The predicted molar refractivity (Wildman–Crippen MR) is 65.7 cm³/mol. The van der Waals surface area contributed by atoms with Crippen molar-refractivity contribution in [3.8, 4) is 11.1 Å². The molecule has 2 rings (SSSR count). The van der Waals surface area contributed by atoms with Crippen LogP contribution in [0.1, 0.15) is 5.56 Å². The molecule has 0 saturated carbocycles. The molecule has 0 radical (unpaired) electrons.